The largest absolute Gasteiger partial charge is 0.458 e. The van der Waals surface area contributed by atoms with Gasteiger partial charge in [0.2, 0.25) is 0 Å². The lowest BCUT2D eigenvalue weighted by Gasteiger charge is -2.01. The van der Waals surface area contributed by atoms with Gasteiger partial charge in [0.15, 0.2) is 5.78 Å². The second-order valence-corrected chi connectivity index (χ2v) is 4.10. The quantitative estimate of drug-likeness (QED) is 0.474. The number of hydrogen-bond acceptors (Lipinski definition) is 3. The summed E-state index contributed by atoms with van der Waals surface area (Å²) in [5, 5.41) is 0. The first-order valence-electron chi connectivity index (χ1n) is 6.25. The summed E-state index contributed by atoms with van der Waals surface area (Å²) in [6.07, 6.45) is 2.95. The summed E-state index contributed by atoms with van der Waals surface area (Å²) >= 11 is 0. The van der Waals surface area contributed by atoms with E-state index in [0.29, 0.717) is 11.1 Å². The van der Waals surface area contributed by atoms with Gasteiger partial charge in [-0.2, -0.15) is 0 Å². The summed E-state index contributed by atoms with van der Waals surface area (Å²) in [5.74, 6) is -0.510. The number of allylic oxidation sites excluding steroid dienone is 1. The Labute approximate surface area is 117 Å². The smallest absolute Gasteiger partial charge is 0.338 e. The van der Waals surface area contributed by atoms with E-state index >= 15 is 0 Å². The predicted molar refractivity (Wildman–Crippen MR) is 76.6 cm³/mol. The molecule has 0 unspecified atom stereocenters. The van der Waals surface area contributed by atoms with Crippen LogP contribution in [-0.2, 0) is 4.74 Å². The van der Waals surface area contributed by atoms with Crippen molar-refractivity contribution in [1.82, 2.24) is 0 Å². The molecule has 0 radical (unpaired) electrons. The summed E-state index contributed by atoms with van der Waals surface area (Å²) in [5.41, 5.74) is 1.11. The van der Waals surface area contributed by atoms with Gasteiger partial charge < -0.3 is 4.74 Å². The molecule has 2 aromatic rings. The van der Waals surface area contributed by atoms with Gasteiger partial charge in [0, 0.05) is 5.56 Å². The summed E-state index contributed by atoms with van der Waals surface area (Å²) in [7, 11) is 0. The van der Waals surface area contributed by atoms with Crippen LogP contribution < -0.4 is 0 Å². The molecule has 0 aliphatic heterocycles. The van der Waals surface area contributed by atoms with Gasteiger partial charge in [-0.05, 0) is 24.3 Å². The number of esters is 1. The zero-order valence-corrected chi connectivity index (χ0v) is 10.9. The fraction of sp³-hybridized carbons (Fsp3) is 0.0588. The Morgan fingerprint density at radius 3 is 2.00 bits per heavy atom. The van der Waals surface area contributed by atoms with Crippen molar-refractivity contribution in [3.05, 3.63) is 83.9 Å². The Hall–Kier alpha value is -2.68. The Balaban J connectivity index is 1.83. The lowest BCUT2D eigenvalue weighted by molar-refractivity contribution is 0.0548. The molecule has 3 heteroatoms. The van der Waals surface area contributed by atoms with E-state index in [-0.39, 0.29) is 12.4 Å². The van der Waals surface area contributed by atoms with Crippen molar-refractivity contribution >= 4 is 11.8 Å². The normalized spacial score (nSPS) is 10.4. The molecule has 3 nitrogen and oxygen atoms in total. The molecule has 0 bridgehead atoms. The van der Waals surface area contributed by atoms with Gasteiger partial charge in [0.25, 0.3) is 0 Å². The van der Waals surface area contributed by atoms with Gasteiger partial charge in [-0.15, -0.1) is 0 Å². The number of ether oxygens (including phenoxy) is 1. The summed E-state index contributed by atoms with van der Waals surface area (Å²) in [6.45, 7) is 0.0757. The van der Waals surface area contributed by atoms with Crippen LogP contribution in [-0.4, -0.2) is 18.4 Å². The molecule has 2 aromatic carbocycles. The average Bonchev–Trinajstić information content (AvgIpc) is 2.53. The standard InChI is InChI=1S/C17H14O3/c18-16(14-8-3-1-4-9-14)12-7-13-20-17(19)15-10-5-2-6-11-15/h1-12H,13H2/b12-7+. The molecule has 0 N–H and O–H groups in total. The van der Waals surface area contributed by atoms with Crippen molar-refractivity contribution in [3.63, 3.8) is 0 Å². The highest BCUT2D eigenvalue weighted by Gasteiger charge is 2.04. The van der Waals surface area contributed by atoms with Gasteiger partial charge in [-0.1, -0.05) is 48.5 Å². The van der Waals surface area contributed by atoms with Crippen LogP contribution in [0.5, 0.6) is 0 Å². The van der Waals surface area contributed by atoms with Crippen molar-refractivity contribution in [2.24, 2.45) is 0 Å². The Morgan fingerprint density at radius 2 is 1.40 bits per heavy atom. The highest BCUT2D eigenvalue weighted by Crippen LogP contribution is 2.02. The first kappa shape index (κ1) is 13.7. The molecule has 0 aliphatic rings. The highest BCUT2D eigenvalue weighted by atomic mass is 16.5. The second-order valence-electron chi connectivity index (χ2n) is 4.10. The van der Waals surface area contributed by atoms with Crippen molar-refractivity contribution in [3.8, 4) is 0 Å². The molecule has 0 aliphatic carbocycles. The molecule has 0 saturated carbocycles. The van der Waals surface area contributed by atoms with E-state index in [9.17, 15) is 9.59 Å². The Morgan fingerprint density at radius 1 is 0.850 bits per heavy atom. The van der Waals surface area contributed by atoms with E-state index in [1.165, 1.54) is 12.2 Å². The Bertz CT molecular complexity index is 601. The molecule has 0 amide bonds. The zero-order chi connectivity index (χ0) is 14.2. The Kier molecular flexibility index (Phi) is 4.84. The second kappa shape index (κ2) is 7.04. The molecule has 100 valence electrons. The lowest BCUT2D eigenvalue weighted by atomic mass is 10.1. The highest BCUT2D eigenvalue weighted by molar-refractivity contribution is 6.04. The molecule has 20 heavy (non-hydrogen) atoms. The number of carbonyl (C=O) groups excluding carboxylic acids is 2. The molecule has 2 rings (SSSR count). The predicted octanol–water partition coefficient (Wildman–Crippen LogP) is 3.28. The van der Waals surface area contributed by atoms with Gasteiger partial charge in [0.05, 0.1) is 5.56 Å². The molecule has 0 fully saturated rings. The third-order valence-corrected chi connectivity index (χ3v) is 2.65. The van der Waals surface area contributed by atoms with Gasteiger partial charge in [-0.25, -0.2) is 4.79 Å². The van der Waals surface area contributed by atoms with Crippen LogP contribution in [0.2, 0.25) is 0 Å². The monoisotopic (exact) mass is 266 g/mol. The SMILES string of the molecule is O=C(/C=C/COC(=O)c1ccccc1)c1ccccc1. The molecule has 0 saturated heterocycles. The van der Waals surface area contributed by atoms with E-state index in [1.807, 2.05) is 12.1 Å². The fourth-order valence-corrected chi connectivity index (χ4v) is 1.64. The van der Waals surface area contributed by atoms with E-state index in [2.05, 4.69) is 0 Å². The molecule has 0 heterocycles. The van der Waals surface area contributed by atoms with Gasteiger partial charge in [-0.3, -0.25) is 4.79 Å². The summed E-state index contributed by atoms with van der Waals surface area (Å²) < 4.78 is 5.04. The molecule has 0 atom stereocenters. The minimum atomic E-state index is -0.401. The third kappa shape index (κ3) is 3.92. The van der Waals surface area contributed by atoms with Crippen LogP contribution >= 0.6 is 0 Å². The number of carbonyl (C=O) groups is 2. The van der Waals surface area contributed by atoms with Gasteiger partial charge >= 0.3 is 5.97 Å². The molecule has 0 spiro atoms. The summed E-state index contributed by atoms with van der Waals surface area (Å²) in [4.78, 5) is 23.4. The lowest BCUT2D eigenvalue weighted by Crippen LogP contribution is -2.05. The first-order valence-corrected chi connectivity index (χ1v) is 6.25. The number of hydrogen-bond donors (Lipinski definition) is 0. The fourth-order valence-electron chi connectivity index (χ4n) is 1.64. The third-order valence-electron chi connectivity index (χ3n) is 2.65. The minimum absolute atomic E-state index is 0.0757. The van der Waals surface area contributed by atoms with Crippen molar-refractivity contribution in [2.45, 2.75) is 0 Å². The van der Waals surface area contributed by atoms with Crippen molar-refractivity contribution in [1.29, 1.82) is 0 Å². The van der Waals surface area contributed by atoms with Crippen molar-refractivity contribution in [2.75, 3.05) is 6.61 Å². The maximum atomic E-state index is 11.7. The van der Waals surface area contributed by atoms with Crippen LogP contribution in [0.3, 0.4) is 0 Å². The van der Waals surface area contributed by atoms with Crippen LogP contribution in [0.15, 0.2) is 72.8 Å². The maximum absolute atomic E-state index is 11.7. The summed E-state index contributed by atoms with van der Waals surface area (Å²) in [6, 6.07) is 17.7. The van der Waals surface area contributed by atoms with E-state index in [0.717, 1.165) is 0 Å². The van der Waals surface area contributed by atoms with Crippen LogP contribution in [0.1, 0.15) is 20.7 Å². The minimum Gasteiger partial charge on any atom is -0.458 e. The van der Waals surface area contributed by atoms with Gasteiger partial charge in [0.1, 0.15) is 6.61 Å². The van der Waals surface area contributed by atoms with Crippen molar-refractivity contribution < 1.29 is 14.3 Å². The van der Waals surface area contributed by atoms with Crippen LogP contribution in [0.4, 0.5) is 0 Å². The first-order chi connectivity index (χ1) is 9.77. The average molecular weight is 266 g/mol. The molecular formula is C17H14O3. The zero-order valence-electron chi connectivity index (χ0n) is 10.9. The topological polar surface area (TPSA) is 43.4 Å². The number of ketones is 1. The van der Waals surface area contributed by atoms with E-state index in [4.69, 9.17) is 4.74 Å². The van der Waals surface area contributed by atoms with E-state index in [1.54, 1.807) is 48.5 Å². The number of rotatable bonds is 5. The number of benzene rings is 2. The van der Waals surface area contributed by atoms with Crippen LogP contribution in [0, 0.1) is 0 Å². The maximum Gasteiger partial charge on any atom is 0.338 e. The van der Waals surface area contributed by atoms with E-state index < -0.39 is 5.97 Å². The molecular weight excluding hydrogens is 252 g/mol. The molecule has 0 aromatic heterocycles. The van der Waals surface area contributed by atoms with Crippen LogP contribution in [0.25, 0.3) is 0 Å².